The fraction of sp³-hybridized carbons (Fsp3) is 0. The molecule has 3 aromatic rings. The van der Waals surface area contributed by atoms with Gasteiger partial charge in [-0.1, -0.05) is 30.3 Å². The smallest absolute Gasteiger partial charge is 0.200 e. The van der Waals surface area contributed by atoms with Crippen LogP contribution in [0.3, 0.4) is 0 Å². The molecule has 0 bridgehead atoms. The number of hydrogen-bond acceptors (Lipinski definition) is 3. The first-order chi connectivity index (χ1) is 8.43. The molecular weight excluding hydrogens is 210 g/mol. The van der Waals surface area contributed by atoms with E-state index in [1.807, 2.05) is 54.6 Å². The van der Waals surface area contributed by atoms with Crippen molar-refractivity contribution in [1.29, 1.82) is 0 Å². The molecule has 0 aliphatic rings. The minimum Gasteiger partial charge on any atom is -0.340 e. The summed E-state index contributed by atoms with van der Waals surface area (Å²) < 4.78 is 0. The van der Waals surface area contributed by atoms with E-state index < -0.39 is 0 Å². The van der Waals surface area contributed by atoms with Gasteiger partial charge in [-0.15, -0.1) is 0 Å². The van der Waals surface area contributed by atoms with Crippen LogP contribution in [0, 0.1) is 6.33 Å². The van der Waals surface area contributed by atoms with Gasteiger partial charge in [0, 0.05) is 11.1 Å². The minimum absolute atomic E-state index is 0.779. The summed E-state index contributed by atoms with van der Waals surface area (Å²) >= 11 is 0. The third-order valence-electron chi connectivity index (χ3n) is 2.53. The molecule has 0 fully saturated rings. The number of rotatable bonds is 2. The van der Waals surface area contributed by atoms with E-state index in [-0.39, 0.29) is 0 Å². The lowest BCUT2D eigenvalue weighted by molar-refractivity contribution is 1.20. The molecule has 1 aromatic heterocycles. The molecule has 0 aliphatic heterocycles. The molecule has 2 aromatic carbocycles. The van der Waals surface area contributed by atoms with Gasteiger partial charge in [0.05, 0.1) is 5.52 Å². The third kappa shape index (κ3) is 1.95. The number of nitrogens with zero attached hydrogens (tertiary/aromatic N) is 2. The molecule has 0 saturated carbocycles. The molecule has 1 heterocycles. The Morgan fingerprint density at radius 2 is 1.59 bits per heavy atom. The molecule has 0 saturated heterocycles. The summed E-state index contributed by atoms with van der Waals surface area (Å²) in [7, 11) is 0. The fourth-order valence-corrected chi connectivity index (χ4v) is 1.71. The van der Waals surface area contributed by atoms with Crippen molar-refractivity contribution in [3.8, 4) is 0 Å². The lowest BCUT2D eigenvalue weighted by atomic mass is 10.2. The first-order valence-corrected chi connectivity index (χ1v) is 5.38. The van der Waals surface area contributed by atoms with E-state index >= 15 is 0 Å². The van der Waals surface area contributed by atoms with E-state index in [0.717, 1.165) is 22.4 Å². The average Bonchev–Trinajstić information content (AvgIpc) is 2.40. The van der Waals surface area contributed by atoms with Crippen molar-refractivity contribution in [2.45, 2.75) is 0 Å². The van der Waals surface area contributed by atoms with Crippen LogP contribution in [-0.2, 0) is 0 Å². The number of fused-ring (bicyclic) bond motifs is 1. The van der Waals surface area contributed by atoms with Crippen molar-refractivity contribution in [2.75, 3.05) is 5.32 Å². The molecule has 3 heteroatoms. The highest BCUT2D eigenvalue weighted by Gasteiger charge is 2.02. The number of anilines is 2. The second-order valence-corrected chi connectivity index (χ2v) is 3.68. The maximum absolute atomic E-state index is 4.15. The maximum Gasteiger partial charge on any atom is 0.200 e. The number of para-hydroxylation sites is 2. The Hall–Kier alpha value is -2.42. The predicted molar refractivity (Wildman–Crippen MR) is 68.1 cm³/mol. The predicted octanol–water partition coefficient (Wildman–Crippen LogP) is 3.17. The van der Waals surface area contributed by atoms with Crippen LogP contribution in [0.5, 0.6) is 0 Å². The monoisotopic (exact) mass is 220 g/mol. The average molecular weight is 220 g/mol. The quantitative estimate of drug-likeness (QED) is 0.720. The Bertz CT molecular complexity index is 630. The van der Waals surface area contributed by atoms with Gasteiger partial charge in [0.2, 0.25) is 0 Å². The van der Waals surface area contributed by atoms with Crippen molar-refractivity contribution in [3.63, 3.8) is 0 Å². The SMILES string of the molecule is [c]1nc(Nc2ccccc2)c2ccccc2n1. The molecule has 17 heavy (non-hydrogen) atoms. The Morgan fingerprint density at radius 3 is 2.47 bits per heavy atom. The molecule has 0 unspecified atom stereocenters. The minimum atomic E-state index is 0.779. The molecule has 0 spiro atoms. The van der Waals surface area contributed by atoms with E-state index in [4.69, 9.17) is 0 Å². The van der Waals surface area contributed by atoms with Crippen molar-refractivity contribution >= 4 is 22.4 Å². The summed E-state index contributed by atoms with van der Waals surface area (Å²) in [5.74, 6) is 0.779. The van der Waals surface area contributed by atoms with Crippen molar-refractivity contribution in [1.82, 2.24) is 9.97 Å². The molecular formula is C14H10N3. The summed E-state index contributed by atoms with van der Waals surface area (Å²) in [6.45, 7) is 0. The van der Waals surface area contributed by atoms with Crippen LogP contribution in [0.2, 0.25) is 0 Å². The molecule has 0 aliphatic carbocycles. The lowest BCUT2D eigenvalue weighted by Crippen LogP contribution is -1.95. The Balaban J connectivity index is 2.06. The molecule has 1 N–H and O–H groups in total. The Labute approximate surface area is 99.2 Å². The second-order valence-electron chi connectivity index (χ2n) is 3.68. The van der Waals surface area contributed by atoms with Crippen LogP contribution in [0.1, 0.15) is 0 Å². The highest BCUT2D eigenvalue weighted by atomic mass is 15.0. The van der Waals surface area contributed by atoms with Crippen molar-refractivity contribution in [2.24, 2.45) is 0 Å². The highest BCUT2D eigenvalue weighted by molar-refractivity contribution is 5.90. The van der Waals surface area contributed by atoms with Gasteiger partial charge in [-0.3, -0.25) is 0 Å². The second kappa shape index (κ2) is 4.22. The zero-order valence-electron chi connectivity index (χ0n) is 9.09. The van der Waals surface area contributed by atoms with E-state index in [2.05, 4.69) is 21.6 Å². The summed E-state index contributed by atoms with van der Waals surface area (Å²) in [6, 6.07) is 17.8. The summed E-state index contributed by atoms with van der Waals surface area (Å²) in [4.78, 5) is 8.26. The fourth-order valence-electron chi connectivity index (χ4n) is 1.71. The van der Waals surface area contributed by atoms with E-state index in [1.54, 1.807) is 0 Å². The van der Waals surface area contributed by atoms with Gasteiger partial charge in [-0.05, 0) is 24.3 Å². The normalized spacial score (nSPS) is 10.4. The Kier molecular flexibility index (Phi) is 2.43. The van der Waals surface area contributed by atoms with Crippen LogP contribution < -0.4 is 5.32 Å². The number of benzene rings is 2. The molecule has 0 amide bonds. The highest BCUT2D eigenvalue weighted by Crippen LogP contribution is 2.21. The van der Waals surface area contributed by atoms with Crippen LogP contribution in [-0.4, -0.2) is 9.97 Å². The van der Waals surface area contributed by atoms with Crippen molar-refractivity contribution < 1.29 is 0 Å². The lowest BCUT2D eigenvalue weighted by Gasteiger charge is -2.07. The summed E-state index contributed by atoms with van der Waals surface area (Å²) in [6.07, 6.45) is 2.66. The topological polar surface area (TPSA) is 37.8 Å². The first kappa shape index (κ1) is 9.78. The van der Waals surface area contributed by atoms with Crippen LogP contribution in [0.15, 0.2) is 54.6 Å². The van der Waals surface area contributed by atoms with Gasteiger partial charge in [0.25, 0.3) is 0 Å². The van der Waals surface area contributed by atoms with Crippen LogP contribution in [0.4, 0.5) is 11.5 Å². The first-order valence-electron chi connectivity index (χ1n) is 5.38. The van der Waals surface area contributed by atoms with Crippen molar-refractivity contribution in [3.05, 3.63) is 60.9 Å². The molecule has 3 rings (SSSR count). The number of aromatic nitrogens is 2. The van der Waals surface area contributed by atoms with Crippen LogP contribution >= 0.6 is 0 Å². The standard InChI is InChI=1S/C14H10N3/c1-2-6-11(7-3-1)17-14-12-8-4-5-9-13(12)15-10-16-14/h1-9H,(H,15,16,17). The van der Waals surface area contributed by atoms with Gasteiger partial charge < -0.3 is 5.32 Å². The number of nitrogens with one attached hydrogen (secondary N) is 1. The van der Waals surface area contributed by atoms with Crippen LogP contribution in [0.25, 0.3) is 10.9 Å². The van der Waals surface area contributed by atoms with E-state index in [1.165, 1.54) is 0 Å². The van der Waals surface area contributed by atoms with E-state index in [0.29, 0.717) is 0 Å². The van der Waals surface area contributed by atoms with Gasteiger partial charge in [-0.25, -0.2) is 9.97 Å². The van der Waals surface area contributed by atoms with Gasteiger partial charge in [0.15, 0.2) is 6.33 Å². The maximum atomic E-state index is 4.15. The number of hydrogen-bond donors (Lipinski definition) is 1. The van der Waals surface area contributed by atoms with Gasteiger partial charge in [-0.2, -0.15) is 0 Å². The molecule has 1 radical (unpaired) electrons. The summed E-state index contributed by atoms with van der Waals surface area (Å²) in [5.41, 5.74) is 1.89. The molecule has 81 valence electrons. The largest absolute Gasteiger partial charge is 0.340 e. The Morgan fingerprint density at radius 1 is 0.824 bits per heavy atom. The molecule has 0 atom stereocenters. The zero-order chi connectivity index (χ0) is 11.5. The van der Waals surface area contributed by atoms with Gasteiger partial charge in [0.1, 0.15) is 5.82 Å². The third-order valence-corrected chi connectivity index (χ3v) is 2.53. The zero-order valence-corrected chi connectivity index (χ0v) is 9.09. The molecule has 3 nitrogen and oxygen atoms in total. The van der Waals surface area contributed by atoms with E-state index in [9.17, 15) is 0 Å². The van der Waals surface area contributed by atoms with Gasteiger partial charge >= 0.3 is 0 Å². The summed E-state index contributed by atoms with van der Waals surface area (Å²) in [5, 5.41) is 4.26.